The fraction of sp³-hybridized carbons (Fsp3) is 0.400. The standard InChI is InChI=1S/C20H25NO/c1-20(22)14-8-13-18(15-20)21-19(16-9-4-2-5-10-16)17-11-6-3-7-12-17/h2-7,9-12,18-19,21-22H,8,13-15H2,1H3/t18-,20-/m1/s1. The highest BCUT2D eigenvalue weighted by Crippen LogP contribution is 2.31. The number of benzene rings is 2. The molecule has 116 valence electrons. The van der Waals surface area contributed by atoms with Crippen molar-refractivity contribution >= 4 is 0 Å². The second kappa shape index (κ2) is 6.64. The Morgan fingerprint density at radius 2 is 1.55 bits per heavy atom. The summed E-state index contributed by atoms with van der Waals surface area (Å²) in [7, 11) is 0. The molecule has 2 N–H and O–H groups in total. The molecule has 2 heteroatoms. The van der Waals surface area contributed by atoms with Gasteiger partial charge >= 0.3 is 0 Å². The Bertz CT molecular complexity index is 540. The molecule has 2 aromatic rings. The fourth-order valence-electron chi connectivity index (χ4n) is 3.52. The quantitative estimate of drug-likeness (QED) is 0.891. The van der Waals surface area contributed by atoms with Crippen molar-refractivity contribution in [2.24, 2.45) is 0 Å². The SMILES string of the molecule is C[C@@]1(O)CCC[C@@H](NC(c2ccccc2)c2ccccc2)C1. The molecular formula is C20H25NO. The first-order valence-corrected chi connectivity index (χ1v) is 8.22. The Morgan fingerprint density at radius 1 is 1.00 bits per heavy atom. The molecule has 3 rings (SSSR count). The Labute approximate surface area is 133 Å². The second-order valence-corrected chi connectivity index (χ2v) is 6.71. The van der Waals surface area contributed by atoms with Crippen LogP contribution in [0.1, 0.15) is 49.8 Å². The van der Waals surface area contributed by atoms with Crippen LogP contribution in [0.3, 0.4) is 0 Å². The summed E-state index contributed by atoms with van der Waals surface area (Å²) in [4.78, 5) is 0. The summed E-state index contributed by atoms with van der Waals surface area (Å²) in [6, 6.07) is 21.7. The number of aliphatic hydroxyl groups is 1. The Balaban J connectivity index is 1.83. The van der Waals surface area contributed by atoms with Gasteiger partial charge in [-0.05, 0) is 43.7 Å². The van der Waals surface area contributed by atoms with Crippen molar-refractivity contribution in [1.82, 2.24) is 5.32 Å². The number of rotatable bonds is 4. The molecule has 2 atom stereocenters. The largest absolute Gasteiger partial charge is 0.390 e. The summed E-state index contributed by atoms with van der Waals surface area (Å²) in [6.07, 6.45) is 3.95. The van der Waals surface area contributed by atoms with Crippen molar-refractivity contribution in [1.29, 1.82) is 0 Å². The minimum atomic E-state index is -0.534. The van der Waals surface area contributed by atoms with Gasteiger partial charge in [-0.3, -0.25) is 0 Å². The highest BCUT2D eigenvalue weighted by Gasteiger charge is 2.31. The number of nitrogens with one attached hydrogen (secondary N) is 1. The number of hydrogen-bond acceptors (Lipinski definition) is 2. The van der Waals surface area contributed by atoms with Gasteiger partial charge in [0.1, 0.15) is 0 Å². The van der Waals surface area contributed by atoms with Crippen molar-refractivity contribution < 1.29 is 5.11 Å². The summed E-state index contributed by atoms with van der Waals surface area (Å²) in [5.41, 5.74) is 2.02. The van der Waals surface area contributed by atoms with Crippen LogP contribution in [0.4, 0.5) is 0 Å². The first kappa shape index (κ1) is 15.3. The maximum Gasteiger partial charge on any atom is 0.0634 e. The van der Waals surface area contributed by atoms with Crippen LogP contribution in [0.25, 0.3) is 0 Å². The van der Waals surface area contributed by atoms with Gasteiger partial charge in [0.05, 0.1) is 11.6 Å². The minimum Gasteiger partial charge on any atom is -0.390 e. The van der Waals surface area contributed by atoms with E-state index in [-0.39, 0.29) is 6.04 Å². The van der Waals surface area contributed by atoms with Gasteiger partial charge in [0.2, 0.25) is 0 Å². The van der Waals surface area contributed by atoms with E-state index in [2.05, 4.69) is 66.0 Å². The predicted molar refractivity (Wildman–Crippen MR) is 90.7 cm³/mol. The molecule has 1 aliphatic rings. The maximum atomic E-state index is 10.4. The normalized spacial score (nSPS) is 25.3. The van der Waals surface area contributed by atoms with Gasteiger partial charge in [0.15, 0.2) is 0 Å². The van der Waals surface area contributed by atoms with Crippen LogP contribution in [-0.2, 0) is 0 Å². The first-order valence-electron chi connectivity index (χ1n) is 8.22. The monoisotopic (exact) mass is 295 g/mol. The molecule has 0 spiro atoms. The Kier molecular flexibility index (Phi) is 4.60. The van der Waals surface area contributed by atoms with Gasteiger partial charge < -0.3 is 10.4 Å². The number of hydrogen-bond donors (Lipinski definition) is 2. The average Bonchev–Trinajstić information content (AvgIpc) is 2.53. The summed E-state index contributed by atoms with van der Waals surface area (Å²) < 4.78 is 0. The molecule has 2 aromatic carbocycles. The van der Waals surface area contributed by atoms with Crippen LogP contribution < -0.4 is 5.32 Å². The Morgan fingerprint density at radius 3 is 2.05 bits per heavy atom. The van der Waals surface area contributed by atoms with Crippen LogP contribution in [0, 0.1) is 0 Å². The van der Waals surface area contributed by atoms with Gasteiger partial charge in [0.25, 0.3) is 0 Å². The molecule has 0 aromatic heterocycles. The molecular weight excluding hydrogens is 270 g/mol. The molecule has 2 nitrogen and oxygen atoms in total. The van der Waals surface area contributed by atoms with E-state index in [1.54, 1.807) is 0 Å². The predicted octanol–water partition coefficient (Wildman–Crippen LogP) is 4.06. The van der Waals surface area contributed by atoms with Crippen molar-refractivity contribution in [2.45, 2.75) is 50.3 Å². The van der Waals surface area contributed by atoms with Gasteiger partial charge in [0, 0.05) is 6.04 Å². The van der Waals surface area contributed by atoms with E-state index in [0.29, 0.717) is 6.04 Å². The summed E-state index contributed by atoms with van der Waals surface area (Å²) in [5, 5.41) is 14.1. The lowest BCUT2D eigenvalue weighted by molar-refractivity contribution is 0.00900. The van der Waals surface area contributed by atoms with E-state index in [0.717, 1.165) is 25.7 Å². The molecule has 0 bridgehead atoms. The molecule has 0 amide bonds. The van der Waals surface area contributed by atoms with E-state index in [1.165, 1.54) is 11.1 Å². The van der Waals surface area contributed by atoms with E-state index in [1.807, 2.05) is 6.92 Å². The lowest BCUT2D eigenvalue weighted by atomic mass is 9.82. The molecule has 0 heterocycles. The zero-order valence-electron chi connectivity index (χ0n) is 13.2. The third kappa shape index (κ3) is 3.76. The van der Waals surface area contributed by atoms with Gasteiger partial charge in [-0.25, -0.2) is 0 Å². The van der Waals surface area contributed by atoms with Crippen molar-refractivity contribution in [3.05, 3.63) is 71.8 Å². The van der Waals surface area contributed by atoms with Gasteiger partial charge in [-0.1, -0.05) is 60.7 Å². The second-order valence-electron chi connectivity index (χ2n) is 6.71. The van der Waals surface area contributed by atoms with Gasteiger partial charge in [-0.15, -0.1) is 0 Å². The highest BCUT2D eigenvalue weighted by atomic mass is 16.3. The highest BCUT2D eigenvalue weighted by molar-refractivity contribution is 5.31. The van der Waals surface area contributed by atoms with Crippen molar-refractivity contribution in [2.75, 3.05) is 0 Å². The molecule has 0 saturated heterocycles. The third-order valence-corrected chi connectivity index (χ3v) is 4.62. The zero-order valence-corrected chi connectivity index (χ0v) is 13.2. The molecule has 0 aliphatic heterocycles. The van der Waals surface area contributed by atoms with Crippen LogP contribution in [-0.4, -0.2) is 16.7 Å². The lowest BCUT2D eigenvalue weighted by Gasteiger charge is -2.36. The van der Waals surface area contributed by atoms with Crippen molar-refractivity contribution in [3.8, 4) is 0 Å². The van der Waals surface area contributed by atoms with Crippen LogP contribution in [0.2, 0.25) is 0 Å². The molecule has 1 aliphatic carbocycles. The maximum absolute atomic E-state index is 10.4. The smallest absolute Gasteiger partial charge is 0.0634 e. The van der Waals surface area contributed by atoms with Crippen LogP contribution >= 0.6 is 0 Å². The summed E-state index contributed by atoms with van der Waals surface area (Å²) >= 11 is 0. The molecule has 1 saturated carbocycles. The fourth-order valence-corrected chi connectivity index (χ4v) is 3.52. The summed E-state index contributed by atoms with van der Waals surface area (Å²) in [5.74, 6) is 0. The molecule has 0 unspecified atom stereocenters. The van der Waals surface area contributed by atoms with Crippen LogP contribution in [0.15, 0.2) is 60.7 Å². The van der Waals surface area contributed by atoms with E-state index in [9.17, 15) is 5.11 Å². The van der Waals surface area contributed by atoms with Crippen molar-refractivity contribution in [3.63, 3.8) is 0 Å². The molecule has 1 fully saturated rings. The average molecular weight is 295 g/mol. The Hall–Kier alpha value is -1.64. The topological polar surface area (TPSA) is 32.3 Å². The molecule has 22 heavy (non-hydrogen) atoms. The van der Waals surface area contributed by atoms with Crippen LogP contribution in [0.5, 0.6) is 0 Å². The lowest BCUT2D eigenvalue weighted by Crippen LogP contribution is -2.43. The van der Waals surface area contributed by atoms with E-state index >= 15 is 0 Å². The third-order valence-electron chi connectivity index (χ3n) is 4.62. The van der Waals surface area contributed by atoms with E-state index in [4.69, 9.17) is 0 Å². The van der Waals surface area contributed by atoms with E-state index < -0.39 is 5.60 Å². The zero-order chi connectivity index (χ0) is 15.4. The molecule has 0 radical (unpaired) electrons. The first-order chi connectivity index (χ1) is 10.6. The summed E-state index contributed by atoms with van der Waals surface area (Å²) in [6.45, 7) is 1.96. The van der Waals surface area contributed by atoms with Gasteiger partial charge in [-0.2, -0.15) is 0 Å². The minimum absolute atomic E-state index is 0.182.